The van der Waals surface area contributed by atoms with Crippen molar-refractivity contribution in [3.63, 3.8) is 0 Å². The summed E-state index contributed by atoms with van der Waals surface area (Å²) in [6.07, 6.45) is 17.2. The molecule has 176 valence electrons. The number of allylic oxidation sites excluding steroid dienone is 1. The van der Waals surface area contributed by atoms with Gasteiger partial charge in [0.15, 0.2) is 0 Å². The zero-order valence-corrected chi connectivity index (χ0v) is 21.2. The zero-order valence-electron chi connectivity index (χ0n) is 21.2. The van der Waals surface area contributed by atoms with Crippen LogP contribution in [0.3, 0.4) is 0 Å². The van der Waals surface area contributed by atoms with Gasteiger partial charge in [0.2, 0.25) is 0 Å². The van der Waals surface area contributed by atoms with Gasteiger partial charge < -0.3 is 4.74 Å². The van der Waals surface area contributed by atoms with Crippen molar-refractivity contribution in [1.29, 1.82) is 0 Å². The Morgan fingerprint density at radius 2 is 1.81 bits per heavy atom. The smallest absolute Gasteiger partial charge is 0.303 e. The van der Waals surface area contributed by atoms with Crippen molar-refractivity contribution in [3.05, 3.63) is 11.6 Å². The summed E-state index contributed by atoms with van der Waals surface area (Å²) in [5.74, 6) is 5.24. The van der Waals surface area contributed by atoms with Gasteiger partial charge in [0.1, 0.15) is 6.10 Å². The van der Waals surface area contributed by atoms with E-state index in [4.69, 9.17) is 4.74 Å². The van der Waals surface area contributed by atoms with Gasteiger partial charge in [-0.1, -0.05) is 59.5 Å². The second kappa shape index (κ2) is 8.86. The van der Waals surface area contributed by atoms with E-state index >= 15 is 0 Å². The van der Waals surface area contributed by atoms with Crippen molar-refractivity contribution in [1.82, 2.24) is 0 Å². The Balaban J connectivity index is 1.47. The molecule has 0 aliphatic heterocycles. The Bertz CT molecular complexity index is 693. The standard InChI is InChI=1S/C29H48O2/c1-19(2)8-7-9-20(3)25-12-13-26-24-11-10-22-18-23(31-21(4)30)14-16-28(22,5)27(24)15-17-29(25,26)6/h18-20,23-27H,7-17H2,1-6H3/t20-,23?,24+,25-,26+,27+,28+,29-/m1/s1. The molecule has 1 unspecified atom stereocenters. The third-order valence-electron chi connectivity index (χ3n) is 10.6. The van der Waals surface area contributed by atoms with E-state index in [1.54, 1.807) is 12.5 Å². The van der Waals surface area contributed by atoms with Crippen LogP contribution in [0.15, 0.2) is 11.6 Å². The van der Waals surface area contributed by atoms with E-state index in [-0.39, 0.29) is 12.1 Å². The Labute approximate surface area is 192 Å². The van der Waals surface area contributed by atoms with E-state index in [0.29, 0.717) is 10.8 Å². The molecule has 0 aromatic rings. The third kappa shape index (κ3) is 4.26. The number of fused-ring (bicyclic) bond motifs is 5. The van der Waals surface area contributed by atoms with Crippen LogP contribution in [0.25, 0.3) is 0 Å². The van der Waals surface area contributed by atoms with Gasteiger partial charge in [-0.15, -0.1) is 0 Å². The molecule has 0 N–H and O–H groups in total. The summed E-state index contributed by atoms with van der Waals surface area (Å²) in [5, 5.41) is 0. The van der Waals surface area contributed by atoms with Crippen molar-refractivity contribution >= 4 is 5.97 Å². The van der Waals surface area contributed by atoms with E-state index in [1.165, 1.54) is 64.2 Å². The van der Waals surface area contributed by atoms with Crippen LogP contribution in [0, 0.1) is 46.3 Å². The van der Waals surface area contributed by atoms with Crippen LogP contribution < -0.4 is 0 Å². The maximum Gasteiger partial charge on any atom is 0.303 e. The molecule has 3 saturated carbocycles. The predicted octanol–water partition coefficient (Wildman–Crippen LogP) is 7.96. The van der Waals surface area contributed by atoms with Crippen LogP contribution in [0.1, 0.15) is 112 Å². The SMILES string of the molecule is CC(=O)OC1C=C2CC[C@H]3[C@@H]4CC[C@H]([C@H](C)CCCC(C)C)[C@@]4(C)CC[C@@H]3[C@@]2(C)CC1. The summed E-state index contributed by atoms with van der Waals surface area (Å²) in [6, 6.07) is 0. The molecule has 0 spiro atoms. The number of esters is 1. The van der Waals surface area contributed by atoms with Crippen molar-refractivity contribution < 1.29 is 9.53 Å². The molecule has 2 nitrogen and oxygen atoms in total. The van der Waals surface area contributed by atoms with Gasteiger partial charge in [-0.25, -0.2) is 0 Å². The van der Waals surface area contributed by atoms with Gasteiger partial charge >= 0.3 is 5.97 Å². The minimum atomic E-state index is -0.132. The van der Waals surface area contributed by atoms with Crippen molar-refractivity contribution in [2.45, 2.75) is 118 Å². The van der Waals surface area contributed by atoms with Gasteiger partial charge in [0.25, 0.3) is 0 Å². The lowest BCUT2D eigenvalue weighted by Gasteiger charge is -2.59. The molecule has 4 rings (SSSR count). The Kier molecular flexibility index (Phi) is 6.68. The molecular weight excluding hydrogens is 380 g/mol. The lowest BCUT2D eigenvalue weighted by atomic mass is 9.46. The molecule has 4 aliphatic rings. The molecule has 0 amide bonds. The van der Waals surface area contributed by atoms with Crippen LogP contribution in [-0.2, 0) is 9.53 Å². The molecular formula is C29H48O2. The summed E-state index contributed by atoms with van der Waals surface area (Å²) in [6.45, 7) is 14.1. The molecule has 4 aliphatic carbocycles. The molecule has 0 radical (unpaired) electrons. The van der Waals surface area contributed by atoms with Crippen LogP contribution in [0.4, 0.5) is 0 Å². The van der Waals surface area contributed by atoms with Crippen LogP contribution >= 0.6 is 0 Å². The fraction of sp³-hybridized carbons (Fsp3) is 0.897. The lowest BCUT2D eigenvalue weighted by molar-refractivity contribution is -0.145. The number of hydrogen-bond acceptors (Lipinski definition) is 2. The van der Waals surface area contributed by atoms with Crippen molar-refractivity contribution in [3.8, 4) is 0 Å². The summed E-state index contributed by atoms with van der Waals surface area (Å²) >= 11 is 0. The monoisotopic (exact) mass is 428 g/mol. The minimum Gasteiger partial charge on any atom is -0.458 e. The largest absolute Gasteiger partial charge is 0.458 e. The Morgan fingerprint density at radius 3 is 2.52 bits per heavy atom. The quantitative estimate of drug-likeness (QED) is 0.317. The Morgan fingerprint density at radius 1 is 1.03 bits per heavy atom. The number of carbonyl (C=O) groups is 1. The first-order valence-electron chi connectivity index (χ1n) is 13.5. The fourth-order valence-electron chi connectivity index (χ4n) is 9.03. The number of rotatable bonds is 6. The molecule has 0 saturated heterocycles. The fourth-order valence-corrected chi connectivity index (χ4v) is 9.03. The van der Waals surface area contributed by atoms with Crippen molar-refractivity contribution in [2.75, 3.05) is 0 Å². The van der Waals surface area contributed by atoms with Crippen LogP contribution in [-0.4, -0.2) is 12.1 Å². The number of ether oxygens (including phenoxy) is 1. The maximum absolute atomic E-state index is 11.5. The minimum absolute atomic E-state index is 0.0218. The number of carbonyl (C=O) groups excluding carboxylic acids is 1. The molecule has 8 atom stereocenters. The molecule has 2 heteroatoms. The molecule has 31 heavy (non-hydrogen) atoms. The van der Waals surface area contributed by atoms with Crippen LogP contribution in [0.2, 0.25) is 0 Å². The summed E-state index contributed by atoms with van der Waals surface area (Å²) in [5.41, 5.74) is 2.54. The van der Waals surface area contributed by atoms with Gasteiger partial charge in [0.05, 0.1) is 0 Å². The maximum atomic E-state index is 11.5. The van der Waals surface area contributed by atoms with E-state index in [0.717, 1.165) is 41.9 Å². The first kappa shape index (κ1) is 23.4. The normalized spacial score (nSPS) is 42.9. The van der Waals surface area contributed by atoms with Gasteiger partial charge in [-0.2, -0.15) is 0 Å². The molecule has 3 fully saturated rings. The summed E-state index contributed by atoms with van der Waals surface area (Å²) in [7, 11) is 0. The summed E-state index contributed by atoms with van der Waals surface area (Å²) < 4.78 is 5.58. The average molecular weight is 429 g/mol. The first-order chi connectivity index (χ1) is 14.6. The average Bonchev–Trinajstić information content (AvgIpc) is 3.05. The second-order valence-corrected chi connectivity index (χ2v) is 12.7. The highest BCUT2D eigenvalue weighted by molar-refractivity contribution is 5.66. The van der Waals surface area contributed by atoms with Crippen LogP contribution in [0.5, 0.6) is 0 Å². The molecule has 0 heterocycles. The first-order valence-corrected chi connectivity index (χ1v) is 13.5. The molecule has 0 aromatic heterocycles. The van der Waals surface area contributed by atoms with E-state index in [2.05, 4.69) is 40.7 Å². The highest BCUT2D eigenvalue weighted by Crippen LogP contribution is 2.67. The van der Waals surface area contributed by atoms with E-state index in [9.17, 15) is 4.79 Å². The lowest BCUT2D eigenvalue weighted by Crippen LogP contribution is -2.51. The highest BCUT2D eigenvalue weighted by Gasteiger charge is 2.59. The predicted molar refractivity (Wildman–Crippen MR) is 129 cm³/mol. The number of hydrogen-bond donors (Lipinski definition) is 0. The Hall–Kier alpha value is -0.790. The van der Waals surface area contributed by atoms with Crippen molar-refractivity contribution in [2.24, 2.45) is 46.3 Å². The molecule has 0 bridgehead atoms. The second-order valence-electron chi connectivity index (χ2n) is 12.7. The van der Waals surface area contributed by atoms with Gasteiger partial charge in [0, 0.05) is 6.92 Å². The zero-order chi connectivity index (χ0) is 22.4. The van der Waals surface area contributed by atoms with Gasteiger partial charge in [-0.3, -0.25) is 4.79 Å². The molecule has 0 aromatic carbocycles. The van der Waals surface area contributed by atoms with Gasteiger partial charge in [-0.05, 0) is 104 Å². The topological polar surface area (TPSA) is 26.3 Å². The third-order valence-corrected chi connectivity index (χ3v) is 10.6. The van der Waals surface area contributed by atoms with E-state index in [1.807, 2.05) is 0 Å². The van der Waals surface area contributed by atoms with E-state index < -0.39 is 0 Å². The highest BCUT2D eigenvalue weighted by atomic mass is 16.5. The summed E-state index contributed by atoms with van der Waals surface area (Å²) in [4.78, 5) is 11.5.